The van der Waals surface area contributed by atoms with Gasteiger partial charge in [0.05, 0.1) is 0 Å². The van der Waals surface area contributed by atoms with Gasteiger partial charge in [-0.15, -0.1) is 0 Å². The molecule has 1 aliphatic rings. The van der Waals surface area contributed by atoms with E-state index in [-0.39, 0.29) is 11.5 Å². The molecule has 5 nitrogen and oxygen atoms in total. The second-order valence-electron chi connectivity index (χ2n) is 5.09. The van der Waals surface area contributed by atoms with E-state index in [4.69, 9.17) is 10.5 Å². The van der Waals surface area contributed by atoms with Gasteiger partial charge in [-0.3, -0.25) is 4.68 Å². The van der Waals surface area contributed by atoms with Gasteiger partial charge in [0.15, 0.2) is 6.10 Å². The fourth-order valence-electron chi connectivity index (χ4n) is 2.69. The first-order chi connectivity index (χ1) is 8.01. The zero-order valence-corrected chi connectivity index (χ0v) is 10.3. The molecular formula is C12H19N3O2. The molecule has 0 radical (unpaired) electrons. The van der Waals surface area contributed by atoms with Crippen LogP contribution in [-0.4, -0.2) is 15.9 Å². The maximum Gasteiger partial charge on any atom is 0.405 e. The molecule has 1 atom stereocenters. The number of nitrogens with zero attached hydrogens (tertiary/aromatic N) is 2. The summed E-state index contributed by atoms with van der Waals surface area (Å²) in [5.41, 5.74) is 5.92. The van der Waals surface area contributed by atoms with Crippen molar-refractivity contribution in [3.8, 4) is 0 Å². The van der Waals surface area contributed by atoms with E-state index < -0.39 is 6.09 Å². The number of aromatic nitrogens is 2. The lowest BCUT2D eigenvalue weighted by atomic mass is 9.81. The van der Waals surface area contributed by atoms with Crippen LogP contribution < -0.4 is 5.73 Å². The quantitative estimate of drug-likeness (QED) is 0.875. The summed E-state index contributed by atoms with van der Waals surface area (Å²) in [6.07, 6.45) is 5.22. The fraction of sp³-hybridized carbons (Fsp3) is 0.667. The second-order valence-corrected chi connectivity index (χ2v) is 5.09. The smallest absolute Gasteiger partial charge is 0.405 e. The van der Waals surface area contributed by atoms with Crippen molar-refractivity contribution in [2.75, 3.05) is 0 Å². The van der Waals surface area contributed by atoms with Crippen LogP contribution in [0.25, 0.3) is 0 Å². The maximum absolute atomic E-state index is 11.1. The highest BCUT2D eigenvalue weighted by Gasteiger charge is 2.41. The predicted molar refractivity (Wildman–Crippen MR) is 63.2 cm³/mol. The molecule has 1 aromatic rings. The van der Waals surface area contributed by atoms with E-state index in [1.165, 1.54) is 12.8 Å². The highest BCUT2D eigenvalue weighted by Crippen LogP contribution is 2.48. The number of hydrogen-bond donors (Lipinski definition) is 1. The monoisotopic (exact) mass is 237 g/mol. The molecule has 0 spiro atoms. The van der Waals surface area contributed by atoms with E-state index in [9.17, 15) is 4.79 Å². The van der Waals surface area contributed by atoms with E-state index in [1.54, 1.807) is 4.68 Å². The summed E-state index contributed by atoms with van der Waals surface area (Å²) in [5, 5.41) is 4.34. The van der Waals surface area contributed by atoms with Crippen LogP contribution in [0.3, 0.4) is 0 Å². The Kier molecular flexibility index (Phi) is 3.09. The standard InChI is InChI=1S/C12H19N3O2/c1-12(6-3-4-7-12)10(17-11(13)16)9-5-8-15(2)14-9/h5,8,10H,3-4,6-7H2,1-2H3,(H2,13,16)/t10-/m0/s1. The number of rotatable bonds is 3. The average Bonchev–Trinajstić information content (AvgIpc) is 2.84. The topological polar surface area (TPSA) is 70.1 Å². The lowest BCUT2D eigenvalue weighted by Gasteiger charge is -2.31. The molecule has 17 heavy (non-hydrogen) atoms. The molecule has 1 saturated carbocycles. The molecule has 2 N–H and O–H groups in total. The van der Waals surface area contributed by atoms with Gasteiger partial charge < -0.3 is 10.5 Å². The molecule has 0 bridgehead atoms. The SMILES string of the molecule is Cn1ccc([C@H](OC(N)=O)C2(C)CCCC2)n1. The molecule has 1 heterocycles. The summed E-state index contributed by atoms with van der Waals surface area (Å²) in [6, 6.07) is 1.89. The van der Waals surface area contributed by atoms with Gasteiger partial charge in [-0.25, -0.2) is 4.79 Å². The molecule has 2 rings (SSSR count). The van der Waals surface area contributed by atoms with E-state index in [2.05, 4.69) is 12.0 Å². The van der Waals surface area contributed by atoms with Crippen LogP contribution in [0.2, 0.25) is 0 Å². The number of primary amides is 1. The van der Waals surface area contributed by atoms with Gasteiger partial charge in [-0.05, 0) is 18.9 Å². The van der Waals surface area contributed by atoms with Crippen LogP contribution in [0, 0.1) is 5.41 Å². The minimum atomic E-state index is -0.728. The number of amides is 1. The van der Waals surface area contributed by atoms with Crippen LogP contribution >= 0.6 is 0 Å². The summed E-state index contributed by atoms with van der Waals surface area (Å²) in [4.78, 5) is 11.1. The van der Waals surface area contributed by atoms with Gasteiger partial charge in [0, 0.05) is 18.7 Å². The third kappa shape index (κ3) is 2.43. The minimum absolute atomic E-state index is 0.0383. The number of ether oxygens (including phenoxy) is 1. The number of nitrogens with two attached hydrogens (primary N) is 1. The summed E-state index contributed by atoms with van der Waals surface area (Å²) < 4.78 is 7.01. The molecule has 5 heteroatoms. The Morgan fingerprint density at radius 3 is 2.71 bits per heavy atom. The van der Waals surface area contributed by atoms with E-state index in [1.807, 2.05) is 19.3 Å². The van der Waals surface area contributed by atoms with Crippen LogP contribution in [0.1, 0.15) is 44.4 Å². The van der Waals surface area contributed by atoms with Gasteiger partial charge in [0.1, 0.15) is 5.69 Å². The number of aryl methyl sites for hydroxylation is 1. The van der Waals surface area contributed by atoms with Crippen molar-refractivity contribution in [2.45, 2.75) is 38.7 Å². The van der Waals surface area contributed by atoms with Crippen molar-refractivity contribution >= 4 is 6.09 Å². The first kappa shape index (κ1) is 12.0. The van der Waals surface area contributed by atoms with Crippen molar-refractivity contribution in [3.63, 3.8) is 0 Å². The van der Waals surface area contributed by atoms with Crippen LogP contribution in [0.5, 0.6) is 0 Å². The third-order valence-electron chi connectivity index (χ3n) is 3.62. The average molecular weight is 237 g/mol. The summed E-state index contributed by atoms with van der Waals surface area (Å²) in [7, 11) is 1.85. The Morgan fingerprint density at radius 2 is 2.24 bits per heavy atom. The molecule has 0 aliphatic heterocycles. The number of carbonyl (C=O) groups excluding carboxylic acids is 1. The Labute approximate surface area is 101 Å². The van der Waals surface area contributed by atoms with Crippen LogP contribution in [0.15, 0.2) is 12.3 Å². The fourth-order valence-corrected chi connectivity index (χ4v) is 2.69. The van der Waals surface area contributed by atoms with Crippen molar-refractivity contribution in [1.82, 2.24) is 9.78 Å². The van der Waals surface area contributed by atoms with Crippen molar-refractivity contribution in [3.05, 3.63) is 18.0 Å². The first-order valence-electron chi connectivity index (χ1n) is 5.97. The zero-order valence-electron chi connectivity index (χ0n) is 10.3. The van der Waals surface area contributed by atoms with Crippen LogP contribution in [-0.2, 0) is 11.8 Å². The van der Waals surface area contributed by atoms with Gasteiger partial charge in [-0.2, -0.15) is 5.10 Å². The minimum Gasteiger partial charge on any atom is -0.439 e. The van der Waals surface area contributed by atoms with E-state index in [0.29, 0.717) is 0 Å². The molecule has 0 aromatic carbocycles. The van der Waals surface area contributed by atoms with E-state index in [0.717, 1.165) is 18.5 Å². The Hall–Kier alpha value is -1.52. The normalized spacial score (nSPS) is 20.1. The second kappa shape index (κ2) is 4.39. The number of hydrogen-bond acceptors (Lipinski definition) is 3. The lowest BCUT2D eigenvalue weighted by molar-refractivity contribution is 0.0168. The Morgan fingerprint density at radius 1 is 1.59 bits per heavy atom. The molecule has 1 amide bonds. The lowest BCUT2D eigenvalue weighted by Crippen LogP contribution is -2.29. The highest BCUT2D eigenvalue weighted by atomic mass is 16.6. The van der Waals surface area contributed by atoms with Gasteiger partial charge >= 0.3 is 6.09 Å². The molecule has 1 fully saturated rings. The Bertz CT molecular complexity index is 408. The molecule has 94 valence electrons. The Balaban J connectivity index is 2.27. The third-order valence-corrected chi connectivity index (χ3v) is 3.62. The molecule has 0 unspecified atom stereocenters. The van der Waals surface area contributed by atoms with E-state index >= 15 is 0 Å². The van der Waals surface area contributed by atoms with Crippen molar-refractivity contribution in [1.29, 1.82) is 0 Å². The van der Waals surface area contributed by atoms with Gasteiger partial charge in [0.2, 0.25) is 0 Å². The highest BCUT2D eigenvalue weighted by molar-refractivity contribution is 5.65. The predicted octanol–water partition coefficient (Wildman–Crippen LogP) is 2.14. The molecule has 0 saturated heterocycles. The maximum atomic E-state index is 11.1. The molecule has 1 aliphatic carbocycles. The van der Waals surface area contributed by atoms with Crippen LogP contribution in [0.4, 0.5) is 4.79 Å². The summed E-state index contributed by atoms with van der Waals surface area (Å²) >= 11 is 0. The first-order valence-corrected chi connectivity index (χ1v) is 5.97. The zero-order chi connectivity index (χ0) is 12.5. The van der Waals surface area contributed by atoms with Gasteiger partial charge in [-0.1, -0.05) is 19.8 Å². The largest absolute Gasteiger partial charge is 0.439 e. The summed E-state index contributed by atoms with van der Waals surface area (Å²) in [5.74, 6) is 0. The summed E-state index contributed by atoms with van der Waals surface area (Å²) in [6.45, 7) is 2.14. The molecule has 1 aromatic heterocycles. The number of carbonyl (C=O) groups is 1. The van der Waals surface area contributed by atoms with Crippen molar-refractivity contribution in [2.24, 2.45) is 18.2 Å². The molecular weight excluding hydrogens is 218 g/mol. The van der Waals surface area contributed by atoms with Gasteiger partial charge in [0.25, 0.3) is 0 Å². The van der Waals surface area contributed by atoms with Crippen molar-refractivity contribution < 1.29 is 9.53 Å².